The Morgan fingerprint density at radius 3 is 2.75 bits per heavy atom. The highest BCUT2D eigenvalue weighted by Crippen LogP contribution is 2.33. The fourth-order valence-corrected chi connectivity index (χ4v) is 2.86. The van der Waals surface area contributed by atoms with Crippen molar-refractivity contribution in [1.29, 1.82) is 0 Å². The summed E-state index contributed by atoms with van der Waals surface area (Å²) in [6.45, 7) is 4.67. The number of hydrogen-bond acceptors (Lipinski definition) is 2. The van der Waals surface area contributed by atoms with Gasteiger partial charge in [-0.1, -0.05) is 6.92 Å². The third-order valence-electron chi connectivity index (χ3n) is 3.58. The molecule has 0 aromatic rings. The molecule has 0 aromatic carbocycles. The highest BCUT2D eigenvalue weighted by Gasteiger charge is 2.37. The number of rotatable bonds is 2. The maximum Gasteiger partial charge on any atom is 0.0122 e. The molecule has 0 radical (unpaired) electrons. The largest absolute Gasteiger partial charge is 0.314 e. The summed E-state index contributed by atoms with van der Waals surface area (Å²) in [5, 5.41) is 3.61. The first-order valence-corrected chi connectivity index (χ1v) is 5.25. The number of nitrogens with one attached hydrogen (secondary N) is 1. The van der Waals surface area contributed by atoms with Gasteiger partial charge < -0.3 is 10.2 Å². The maximum atomic E-state index is 3.61. The van der Waals surface area contributed by atoms with Gasteiger partial charge in [-0.25, -0.2) is 0 Å². The van der Waals surface area contributed by atoms with Gasteiger partial charge in [0.05, 0.1) is 0 Å². The van der Waals surface area contributed by atoms with E-state index < -0.39 is 0 Å². The van der Waals surface area contributed by atoms with Crippen LogP contribution in [0, 0.1) is 5.92 Å². The van der Waals surface area contributed by atoms with E-state index in [0.717, 1.165) is 24.5 Å². The van der Waals surface area contributed by atoms with Gasteiger partial charge >= 0.3 is 0 Å². The van der Waals surface area contributed by atoms with E-state index in [9.17, 15) is 0 Å². The zero-order valence-corrected chi connectivity index (χ0v) is 8.21. The molecule has 3 unspecified atom stereocenters. The van der Waals surface area contributed by atoms with E-state index in [1.165, 1.54) is 25.8 Å². The van der Waals surface area contributed by atoms with Crippen molar-refractivity contribution in [1.82, 2.24) is 10.2 Å². The molecule has 2 heteroatoms. The lowest BCUT2D eigenvalue weighted by Crippen LogP contribution is -2.56. The van der Waals surface area contributed by atoms with E-state index in [4.69, 9.17) is 0 Å². The van der Waals surface area contributed by atoms with Crippen molar-refractivity contribution >= 4 is 0 Å². The summed E-state index contributed by atoms with van der Waals surface area (Å²) in [4.78, 5) is 2.54. The van der Waals surface area contributed by atoms with Gasteiger partial charge in [-0.15, -0.1) is 0 Å². The Labute approximate surface area is 75.3 Å². The summed E-state index contributed by atoms with van der Waals surface area (Å²) in [5.41, 5.74) is 0. The first kappa shape index (κ1) is 8.52. The van der Waals surface area contributed by atoms with Crippen LogP contribution in [0.2, 0.25) is 0 Å². The molecule has 1 saturated carbocycles. The molecule has 0 spiro atoms. The molecule has 0 aromatic heterocycles. The molecular formula is C10H20N2. The van der Waals surface area contributed by atoms with E-state index >= 15 is 0 Å². The lowest BCUT2D eigenvalue weighted by Gasteiger charge is -2.48. The Morgan fingerprint density at radius 2 is 2.25 bits per heavy atom. The summed E-state index contributed by atoms with van der Waals surface area (Å²) >= 11 is 0. The maximum absolute atomic E-state index is 3.61. The van der Waals surface area contributed by atoms with Gasteiger partial charge in [-0.3, -0.25) is 0 Å². The molecule has 3 rings (SSSR count). The zero-order chi connectivity index (χ0) is 8.55. The van der Waals surface area contributed by atoms with Crippen LogP contribution in [-0.2, 0) is 0 Å². The normalized spacial score (nSPS) is 42.0. The average molecular weight is 168 g/mol. The number of piperidine rings is 2. The Kier molecular flexibility index (Phi) is 2.37. The molecule has 3 fully saturated rings. The second-order valence-corrected chi connectivity index (χ2v) is 4.33. The minimum atomic E-state index is 0.824. The van der Waals surface area contributed by atoms with Gasteiger partial charge in [0, 0.05) is 18.6 Å². The van der Waals surface area contributed by atoms with Crippen LogP contribution in [0.1, 0.15) is 26.2 Å². The Hall–Kier alpha value is -0.0800. The summed E-state index contributed by atoms with van der Waals surface area (Å²) in [5.74, 6) is 0.931. The number of nitrogens with zero attached hydrogens (tertiary/aromatic N) is 1. The van der Waals surface area contributed by atoms with Gasteiger partial charge in [0.15, 0.2) is 0 Å². The monoisotopic (exact) mass is 168 g/mol. The SMILES string of the molecule is CCNC1CC2CCC1CN2C. The van der Waals surface area contributed by atoms with E-state index in [2.05, 4.69) is 24.2 Å². The first-order valence-electron chi connectivity index (χ1n) is 5.25. The lowest BCUT2D eigenvalue weighted by molar-refractivity contribution is 0.0431. The van der Waals surface area contributed by atoms with Crippen LogP contribution in [0.3, 0.4) is 0 Å². The van der Waals surface area contributed by atoms with Crippen LogP contribution in [0.5, 0.6) is 0 Å². The molecular weight excluding hydrogens is 148 g/mol. The molecule has 70 valence electrons. The summed E-state index contributed by atoms with van der Waals surface area (Å²) in [7, 11) is 2.28. The van der Waals surface area contributed by atoms with Crippen molar-refractivity contribution in [3.63, 3.8) is 0 Å². The van der Waals surface area contributed by atoms with Crippen molar-refractivity contribution in [2.75, 3.05) is 20.1 Å². The molecule has 12 heavy (non-hydrogen) atoms. The minimum absolute atomic E-state index is 0.824. The van der Waals surface area contributed by atoms with E-state index in [1.54, 1.807) is 0 Å². The topological polar surface area (TPSA) is 15.3 Å². The predicted molar refractivity (Wildman–Crippen MR) is 51.2 cm³/mol. The molecule has 3 aliphatic rings. The van der Waals surface area contributed by atoms with Gasteiger partial charge in [0.25, 0.3) is 0 Å². The van der Waals surface area contributed by atoms with Crippen molar-refractivity contribution in [3.05, 3.63) is 0 Å². The lowest BCUT2D eigenvalue weighted by atomic mass is 9.76. The van der Waals surface area contributed by atoms with Crippen LogP contribution in [0.4, 0.5) is 0 Å². The molecule has 3 atom stereocenters. The molecule has 0 amide bonds. The number of fused-ring (bicyclic) bond motifs is 3. The van der Waals surface area contributed by atoms with Crippen LogP contribution < -0.4 is 5.32 Å². The molecule has 2 saturated heterocycles. The second kappa shape index (κ2) is 3.35. The Morgan fingerprint density at radius 1 is 1.42 bits per heavy atom. The molecule has 2 nitrogen and oxygen atoms in total. The highest BCUT2D eigenvalue weighted by molar-refractivity contribution is 4.95. The smallest absolute Gasteiger partial charge is 0.0122 e. The third-order valence-corrected chi connectivity index (χ3v) is 3.58. The number of hydrogen-bond donors (Lipinski definition) is 1. The Bertz CT molecular complexity index is 156. The van der Waals surface area contributed by atoms with Crippen molar-refractivity contribution < 1.29 is 0 Å². The molecule has 2 aliphatic heterocycles. The molecule has 1 aliphatic carbocycles. The van der Waals surface area contributed by atoms with Gasteiger partial charge in [0.2, 0.25) is 0 Å². The van der Waals surface area contributed by atoms with Crippen LogP contribution >= 0.6 is 0 Å². The van der Waals surface area contributed by atoms with E-state index in [1.807, 2.05) is 0 Å². The zero-order valence-electron chi connectivity index (χ0n) is 8.21. The third kappa shape index (κ3) is 1.38. The summed E-state index contributed by atoms with van der Waals surface area (Å²) in [6.07, 6.45) is 4.27. The van der Waals surface area contributed by atoms with Crippen LogP contribution in [-0.4, -0.2) is 37.1 Å². The van der Waals surface area contributed by atoms with Crippen molar-refractivity contribution in [3.8, 4) is 0 Å². The molecule has 2 bridgehead atoms. The second-order valence-electron chi connectivity index (χ2n) is 4.33. The minimum Gasteiger partial charge on any atom is -0.314 e. The van der Waals surface area contributed by atoms with Crippen LogP contribution in [0.15, 0.2) is 0 Å². The van der Waals surface area contributed by atoms with Gasteiger partial charge in [-0.2, -0.15) is 0 Å². The van der Waals surface area contributed by atoms with Crippen molar-refractivity contribution in [2.24, 2.45) is 5.92 Å². The Balaban J connectivity index is 1.96. The predicted octanol–water partition coefficient (Wildman–Crippen LogP) is 1.08. The average Bonchev–Trinajstić information content (AvgIpc) is 2.07. The summed E-state index contributed by atoms with van der Waals surface area (Å²) in [6, 6.07) is 1.70. The first-order chi connectivity index (χ1) is 5.81. The van der Waals surface area contributed by atoms with Crippen LogP contribution in [0.25, 0.3) is 0 Å². The van der Waals surface area contributed by atoms with Crippen molar-refractivity contribution in [2.45, 2.75) is 38.3 Å². The van der Waals surface area contributed by atoms with Gasteiger partial charge in [-0.05, 0) is 38.8 Å². The highest BCUT2D eigenvalue weighted by atomic mass is 15.2. The summed E-state index contributed by atoms with van der Waals surface area (Å²) < 4.78 is 0. The van der Waals surface area contributed by atoms with E-state index in [-0.39, 0.29) is 0 Å². The fraction of sp³-hybridized carbons (Fsp3) is 1.00. The molecule has 2 heterocycles. The fourth-order valence-electron chi connectivity index (χ4n) is 2.86. The van der Waals surface area contributed by atoms with E-state index in [0.29, 0.717) is 0 Å². The van der Waals surface area contributed by atoms with Gasteiger partial charge in [0.1, 0.15) is 0 Å². The quantitative estimate of drug-likeness (QED) is 0.663. The standard InChI is InChI=1S/C10H20N2/c1-3-11-10-6-9-5-4-8(10)7-12(9)2/h8-11H,3-7H2,1-2H3. The molecule has 1 N–H and O–H groups in total.